The molecule has 0 bridgehead atoms. The van der Waals surface area contributed by atoms with E-state index in [0.717, 1.165) is 11.8 Å². The Morgan fingerprint density at radius 3 is 2.17 bits per heavy atom. The quantitative estimate of drug-likeness (QED) is 0.757. The van der Waals surface area contributed by atoms with Gasteiger partial charge in [0.2, 0.25) is 10.0 Å². The van der Waals surface area contributed by atoms with Gasteiger partial charge in [0.05, 0.1) is 10.9 Å². The van der Waals surface area contributed by atoms with Gasteiger partial charge in [-0.2, -0.15) is 0 Å². The molecule has 0 saturated heterocycles. The van der Waals surface area contributed by atoms with Gasteiger partial charge >= 0.3 is 0 Å². The highest BCUT2D eigenvalue weighted by molar-refractivity contribution is 7.89. The maximum absolute atomic E-state index is 12.7. The fourth-order valence-corrected chi connectivity index (χ4v) is 3.84. The van der Waals surface area contributed by atoms with Crippen LogP contribution in [-0.4, -0.2) is 14.7 Å². The maximum atomic E-state index is 12.7. The molecule has 2 rings (SSSR count). The summed E-state index contributed by atoms with van der Waals surface area (Å²) in [5.41, 5.74) is 1.68. The summed E-state index contributed by atoms with van der Waals surface area (Å²) < 4.78 is 28.0. The number of carbonyl (C=O) groups is 1. The van der Waals surface area contributed by atoms with Crippen LogP contribution in [0.25, 0.3) is 0 Å². The van der Waals surface area contributed by atoms with Crippen molar-refractivity contribution in [3.63, 3.8) is 0 Å². The molecule has 6 heteroatoms. The van der Waals surface area contributed by atoms with E-state index in [1.807, 2.05) is 13.8 Å². The Kier molecular flexibility index (Phi) is 6.15. The molecule has 0 aliphatic rings. The van der Waals surface area contributed by atoms with E-state index in [4.69, 9.17) is 11.6 Å². The number of nitrogens with one attached hydrogen (secondary N) is 1. The molecule has 2 aromatic rings. The molecule has 0 saturated carbocycles. The zero-order valence-electron chi connectivity index (χ0n) is 13.6. The highest BCUT2D eigenvalue weighted by Crippen LogP contribution is 2.27. The zero-order chi connectivity index (χ0) is 17.7. The second kappa shape index (κ2) is 7.92. The van der Waals surface area contributed by atoms with Crippen molar-refractivity contribution in [2.45, 2.75) is 31.2 Å². The van der Waals surface area contributed by atoms with Crippen LogP contribution < -0.4 is 4.72 Å². The first-order chi connectivity index (χ1) is 11.4. The lowest BCUT2D eigenvalue weighted by Gasteiger charge is -2.24. The van der Waals surface area contributed by atoms with Crippen LogP contribution in [0.5, 0.6) is 0 Å². The van der Waals surface area contributed by atoms with E-state index in [1.54, 1.807) is 48.5 Å². The summed E-state index contributed by atoms with van der Waals surface area (Å²) in [5, 5.41) is 0.554. The van der Waals surface area contributed by atoms with Crippen molar-refractivity contribution < 1.29 is 13.2 Å². The van der Waals surface area contributed by atoms with E-state index >= 15 is 0 Å². The monoisotopic (exact) mass is 365 g/mol. The van der Waals surface area contributed by atoms with Gasteiger partial charge in [-0.25, -0.2) is 13.1 Å². The van der Waals surface area contributed by atoms with Gasteiger partial charge in [-0.15, -0.1) is 0 Å². The summed E-state index contributed by atoms with van der Waals surface area (Å²) in [5.74, 6) is -0.466. The minimum Gasteiger partial charge on any atom is -0.303 e. The van der Waals surface area contributed by atoms with Crippen molar-refractivity contribution in [1.82, 2.24) is 4.72 Å². The fourth-order valence-electron chi connectivity index (χ4n) is 2.44. The van der Waals surface area contributed by atoms with Gasteiger partial charge in [-0.3, -0.25) is 0 Å². The lowest BCUT2D eigenvalue weighted by Crippen LogP contribution is -2.34. The average molecular weight is 366 g/mol. The molecule has 0 spiro atoms. The van der Waals surface area contributed by atoms with Crippen LogP contribution in [0.3, 0.4) is 0 Å². The Morgan fingerprint density at radius 1 is 1.08 bits per heavy atom. The number of aldehydes is 1. The Bertz CT molecular complexity index is 786. The van der Waals surface area contributed by atoms with Gasteiger partial charge in [-0.05, 0) is 43.2 Å². The van der Waals surface area contributed by atoms with Gasteiger partial charge in [0.25, 0.3) is 0 Å². The van der Waals surface area contributed by atoms with Gasteiger partial charge in [0.15, 0.2) is 0 Å². The Balaban J connectivity index is 2.38. The largest absolute Gasteiger partial charge is 0.303 e. The Labute approximate surface area is 147 Å². The van der Waals surface area contributed by atoms with Crippen molar-refractivity contribution in [2.24, 2.45) is 5.92 Å². The van der Waals surface area contributed by atoms with Crippen LogP contribution in [0.2, 0.25) is 5.02 Å². The molecule has 0 aliphatic heterocycles. The summed E-state index contributed by atoms with van der Waals surface area (Å²) in [6.07, 6.45) is 1.31. The van der Waals surface area contributed by atoms with E-state index in [-0.39, 0.29) is 4.90 Å². The van der Waals surface area contributed by atoms with Crippen LogP contribution in [0.1, 0.15) is 30.5 Å². The molecule has 0 heterocycles. The molecule has 0 fully saturated rings. The zero-order valence-corrected chi connectivity index (χ0v) is 15.1. The molecule has 0 radical (unpaired) electrons. The lowest BCUT2D eigenvalue weighted by atomic mass is 9.93. The standard InChI is InChI=1S/C18H20ClNO3S/c1-3-14(12-21)18(15-6-8-16(19)9-7-15)20-24(22,23)17-10-4-13(2)5-11-17/h4-12,14,18,20H,3H2,1-2H3/t14-,18-/m0/s1. The number of halogens is 1. The van der Waals surface area contributed by atoms with E-state index < -0.39 is 22.0 Å². The van der Waals surface area contributed by atoms with Crippen molar-refractivity contribution in [1.29, 1.82) is 0 Å². The number of carbonyl (C=O) groups excluding carboxylic acids is 1. The molecule has 128 valence electrons. The topological polar surface area (TPSA) is 63.2 Å². The maximum Gasteiger partial charge on any atom is 0.241 e. The minimum absolute atomic E-state index is 0.174. The first-order valence-corrected chi connectivity index (χ1v) is 9.53. The van der Waals surface area contributed by atoms with Gasteiger partial charge in [0.1, 0.15) is 6.29 Å². The summed E-state index contributed by atoms with van der Waals surface area (Å²) in [6, 6.07) is 12.8. The minimum atomic E-state index is -3.74. The third-order valence-corrected chi connectivity index (χ3v) is 5.63. The SMILES string of the molecule is CC[C@@H](C=O)[C@H](NS(=O)(=O)c1ccc(C)cc1)c1ccc(Cl)cc1. The van der Waals surface area contributed by atoms with E-state index in [1.165, 1.54) is 0 Å². The van der Waals surface area contributed by atoms with E-state index in [0.29, 0.717) is 17.0 Å². The van der Waals surface area contributed by atoms with Gasteiger partial charge in [0, 0.05) is 10.9 Å². The van der Waals surface area contributed by atoms with Crippen LogP contribution in [0.4, 0.5) is 0 Å². The third kappa shape index (κ3) is 4.44. The molecular formula is C18H20ClNO3S. The van der Waals surface area contributed by atoms with Gasteiger partial charge in [-0.1, -0.05) is 48.4 Å². The first kappa shape index (κ1) is 18.6. The van der Waals surface area contributed by atoms with Crippen molar-refractivity contribution in [3.8, 4) is 0 Å². The molecule has 2 aromatic carbocycles. The van der Waals surface area contributed by atoms with E-state index in [9.17, 15) is 13.2 Å². The molecule has 0 unspecified atom stereocenters. The van der Waals surface area contributed by atoms with Crippen molar-refractivity contribution >= 4 is 27.9 Å². The molecule has 0 amide bonds. The lowest BCUT2D eigenvalue weighted by molar-refractivity contribution is -0.111. The molecule has 2 atom stereocenters. The summed E-state index contributed by atoms with van der Waals surface area (Å²) in [6.45, 7) is 3.74. The summed E-state index contributed by atoms with van der Waals surface area (Å²) >= 11 is 5.90. The predicted octanol–water partition coefficient (Wildman–Crippen LogP) is 3.89. The molecule has 24 heavy (non-hydrogen) atoms. The van der Waals surface area contributed by atoms with Gasteiger partial charge < -0.3 is 4.79 Å². The predicted molar refractivity (Wildman–Crippen MR) is 95.5 cm³/mol. The summed E-state index contributed by atoms with van der Waals surface area (Å²) in [7, 11) is -3.74. The molecule has 4 nitrogen and oxygen atoms in total. The van der Waals surface area contributed by atoms with Crippen molar-refractivity contribution in [2.75, 3.05) is 0 Å². The second-order valence-electron chi connectivity index (χ2n) is 5.67. The Morgan fingerprint density at radius 2 is 1.67 bits per heavy atom. The smallest absolute Gasteiger partial charge is 0.241 e. The number of aryl methyl sites for hydroxylation is 1. The highest BCUT2D eigenvalue weighted by Gasteiger charge is 2.27. The number of rotatable bonds is 7. The average Bonchev–Trinajstić information content (AvgIpc) is 2.56. The normalized spacial score (nSPS) is 14.1. The summed E-state index contributed by atoms with van der Waals surface area (Å²) in [4.78, 5) is 11.6. The van der Waals surface area contributed by atoms with E-state index in [2.05, 4.69) is 4.72 Å². The van der Waals surface area contributed by atoms with Crippen LogP contribution >= 0.6 is 11.6 Å². The van der Waals surface area contributed by atoms with Crippen LogP contribution in [0, 0.1) is 12.8 Å². The Hall–Kier alpha value is -1.69. The number of hydrogen-bond acceptors (Lipinski definition) is 3. The fraction of sp³-hybridized carbons (Fsp3) is 0.278. The molecular weight excluding hydrogens is 346 g/mol. The molecule has 0 aliphatic carbocycles. The number of sulfonamides is 1. The first-order valence-electron chi connectivity index (χ1n) is 7.67. The highest BCUT2D eigenvalue weighted by atomic mass is 35.5. The third-order valence-electron chi connectivity index (χ3n) is 3.92. The number of benzene rings is 2. The second-order valence-corrected chi connectivity index (χ2v) is 7.82. The number of hydrogen-bond donors (Lipinski definition) is 1. The molecule has 1 N–H and O–H groups in total. The molecule has 0 aromatic heterocycles. The van der Waals surface area contributed by atoms with Crippen LogP contribution in [0.15, 0.2) is 53.4 Å². The van der Waals surface area contributed by atoms with Crippen molar-refractivity contribution in [3.05, 3.63) is 64.7 Å². The van der Waals surface area contributed by atoms with Crippen LogP contribution in [-0.2, 0) is 14.8 Å².